The molecule has 0 atom stereocenters. The molecule has 2 aromatic rings. The molecule has 0 fully saturated rings. The number of rotatable bonds is 4. The largest absolute Gasteiger partial charge is 0.298 e. The molecule has 0 bridgehead atoms. The molecule has 0 unspecified atom stereocenters. The summed E-state index contributed by atoms with van der Waals surface area (Å²) in [6.45, 7) is 0. The lowest BCUT2D eigenvalue weighted by atomic mass is 10.2. The molecular weight excluding hydrogens is 427 g/mol. The predicted octanol–water partition coefficient (Wildman–Crippen LogP) is 3.25. The van der Waals surface area contributed by atoms with Crippen molar-refractivity contribution in [3.05, 3.63) is 79.8 Å². The molecule has 0 heterocycles. The van der Waals surface area contributed by atoms with Crippen LogP contribution in [0.2, 0.25) is 10.0 Å². The van der Waals surface area contributed by atoms with Crippen molar-refractivity contribution in [2.45, 2.75) is 0 Å². The molecule has 2 amide bonds. The smallest absolute Gasteiger partial charge is 0.288 e. The normalized spacial score (nSPS) is 10.4. The number of benzene rings is 2. The third-order valence-corrected chi connectivity index (χ3v) is 4.00. The Bertz CT molecular complexity index is 964. The van der Waals surface area contributed by atoms with Crippen LogP contribution in [0.3, 0.4) is 0 Å². The van der Waals surface area contributed by atoms with E-state index < -0.39 is 16.7 Å². The fraction of sp³-hybridized carbons (Fsp3) is 0. The van der Waals surface area contributed by atoms with Gasteiger partial charge < -0.3 is 0 Å². The van der Waals surface area contributed by atoms with Crippen molar-refractivity contribution in [3.63, 3.8) is 0 Å². The van der Waals surface area contributed by atoms with Gasteiger partial charge in [0.1, 0.15) is 5.02 Å². The van der Waals surface area contributed by atoms with Crippen LogP contribution in [-0.4, -0.2) is 21.9 Å². The second-order valence-electron chi connectivity index (χ2n) is 5.21. The summed E-state index contributed by atoms with van der Waals surface area (Å²) < 4.78 is 0. The summed E-state index contributed by atoms with van der Waals surface area (Å²) in [5.74, 6) is -1.08. The van der Waals surface area contributed by atoms with E-state index in [1.807, 2.05) is 0 Å². The number of thiocarbonyl (C=S) groups is 1. The lowest BCUT2D eigenvalue weighted by Gasteiger charge is -2.09. The van der Waals surface area contributed by atoms with Gasteiger partial charge in [0.25, 0.3) is 11.6 Å². The molecule has 0 aliphatic heterocycles. The van der Waals surface area contributed by atoms with Crippen molar-refractivity contribution < 1.29 is 14.5 Å². The van der Waals surface area contributed by atoms with Gasteiger partial charge in [-0.3, -0.25) is 35.9 Å². The molecule has 28 heavy (non-hydrogen) atoms. The molecule has 8 nitrogen and oxygen atoms in total. The summed E-state index contributed by atoms with van der Waals surface area (Å²) >= 11 is 16.4. The molecule has 144 valence electrons. The van der Waals surface area contributed by atoms with Gasteiger partial charge in [-0.15, -0.1) is 0 Å². The van der Waals surface area contributed by atoms with Crippen molar-refractivity contribution in [1.29, 1.82) is 0 Å². The summed E-state index contributed by atoms with van der Waals surface area (Å²) in [5, 5.41) is 13.5. The number of nitro groups is 1. The van der Waals surface area contributed by atoms with E-state index in [-0.39, 0.29) is 15.8 Å². The highest BCUT2D eigenvalue weighted by molar-refractivity contribution is 7.80. The van der Waals surface area contributed by atoms with Gasteiger partial charge >= 0.3 is 0 Å². The molecule has 11 heteroatoms. The number of carbonyl (C=O) groups excluding carboxylic acids is 2. The second kappa shape index (κ2) is 9.79. The molecular formula is C17H12Cl2N4O4S. The first-order valence-electron chi connectivity index (χ1n) is 7.55. The maximum absolute atomic E-state index is 11.9. The zero-order chi connectivity index (χ0) is 20.7. The van der Waals surface area contributed by atoms with E-state index in [4.69, 9.17) is 35.4 Å². The van der Waals surface area contributed by atoms with E-state index in [1.165, 1.54) is 36.4 Å². The van der Waals surface area contributed by atoms with Crippen LogP contribution in [0, 0.1) is 10.1 Å². The number of hydrogen-bond acceptors (Lipinski definition) is 5. The maximum atomic E-state index is 11.9. The summed E-state index contributed by atoms with van der Waals surface area (Å²) in [4.78, 5) is 34.0. The topological polar surface area (TPSA) is 113 Å². The van der Waals surface area contributed by atoms with Crippen LogP contribution in [0.15, 0.2) is 48.5 Å². The predicted molar refractivity (Wildman–Crippen MR) is 110 cm³/mol. The highest BCUT2D eigenvalue weighted by Crippen LogP contribution is 2.25. The quantitative estimate of drug-likeness (QED) is 0.292. The highest BCUT2D eigenvalue weighted by Gasteiger charge is 2.12. The highest BCUT2D eigenvalue weighted by atomic mass is 35.5. The van der Waals surface area contributed by atoms with Gasteiger partial charge in [0.15, 0.2) is 5.11 Å². The van der Waals surface area contributed by atoms with Crippen LogP contribution in [0.4, 0.5) is 5.69 Å². The Hall–Kier alpha value is -3.01. The van der Waals surface area contributed by atoms with Crippen molar-refractivity contribution >= 4 is 64.1 Å². The molecule has 0 spiro atoms. The second-order valence-corrected chi connectivity index (χ2v) is 6.46. The zero-order valence-corrected chi connectivity index (χ0v) is 16.3. The minimum absolute atomic E-state index is 0.00610. The minimum Gasteiger partial charge on any atom is -0.298 e. The molecule has 0 aromatic heterocycles. The number of nitrogens with one attached hydrogen (secondary N) is 3. The van der Waals surface area contributed by atoms with Gasteiger partial charge in [0, 0.05) is 22.7 Å². The lowest BCUT2D eigenvalue weighted by Crippen LogP contribution is -2.48. The first kappa shape index (κ1) is 21.3. The van der Waals surface area contributed by atoms with Crippen LogP contribution in [0.5, 0.6) is 0 Å². The number of nitro benzene ring substituents is 1. The Morgan fingerprint density at radius 3 is 2.39 bits per heavy atom. The van der Waals surface area contributed by atoms with Gasteiger partial charge in [-0.1, -0.05) is 29.3 Å². The third kappa shape index (κ3) is 6.31. The van der Waals surface area contributed by atoms with E-state index in [2.05, 4.69) is 16.2 Å². The fourth-order valence-corrected chi connectivity index (χ4v) is 2.38. The summed E-state index contributed by atoms with van der Waals surface area (Å²) in [6, 6.07) is 10.3. The molecule has 0 radical (unpaired) electrons. The lowest BCUT2D eigenvalue weighted by molar-refractivity contribution is -0.384. The van der Waals surface area contributed by atoms with Crippen molar-refractivity contribution in [2.24, 2.45) is 0 Å². The van der Waals surface area contributed by atoms with Crippen molar-refractivity contribution in [3.8, 4) is 0 Å². The van der Waals surface area contributed by atoms with Crippen LogP contribution in [0.1, 0.15) is 15.9 Å². The molecule has 0 aliphatic rings. The standard InChI is InChI=1S/C17H12Cl2N4O4S/c18-12-5-3-11(4-6-12)16(25)21-22-17(28)20-15(24)8-2-10-1-7-13(19)14(9-10)23(26)27/h1-9H,(H,21,25)(H2,20,22,24,28). The van der Waals surface area contributed by atoms with Crippen LogP contribution < -0.4 is 16.2 Å². The SMILES string of the molecule is O=C(C=Cc1ccc(Cl)c([N+](=O)[O-])c1)NC(=S)NNC(=O)c1ccc(Cl)cc1. The average molecular weight is 439 g/mol. The monoisotopic (exact) mass is 438 g/mol. The van der Waals surface area contributed by atoms with E-state index in [1.54, 1.807) is 12.1 Å². The van der Waals surface area contributed by atoms with Gasteiger partial charge in [-0.2, -0.15) is 0 Å². The Kier molecular flexibility index (Phi) is 7.44. The Morgan fingerprint density at radius 2 is 1.75 bits per heavy atom. The molecule has 2 rings (SSSR count). The maximum Gasteiger partial charge on any atom is 0.288 e. The Morgan fingerprint density at radius 1 is 1.07 bits per heavy atom. The van der Waals surface area contributed by atoms with Crippen LogP contribution in [0.25, 0.3) is 6.08 Å². The van der Waals surface area contributed by atoms with Gasteiger partial charge in [-0.25, -0.2) is 0 Å². The Balaban J connectivity index is 1.87. The average Bonchev–Trinajstić information content (AvgIpc) is 2.65. The molecule has 0 aliphatic carbocycles. The van der Waals surface area contributed by atoms with Gasteiger partial charge in [-0.05, 0) is 54.2 Å². The van der Waals surface area contributed by atoms with Crippen molar-refractivity contribution in [1.82, 2.24) is 16.2 Å². The molecule has 0 saturated heterocycles. The van der Waals surface area contributed by atoms with E-state index in [0.717, 1.165) is 6.08 Å². The number of hydrogen-bond donors (Lipinski definition) is 3. The van der Waals surface area contributed by atoms with Crippen LogP contribution in [-0.2, 0) is 4.79 Å². The fourth-order valence-electron chi connectivity index (χ4n) is 1.92. The van der Waals surface area contributed by atoms with E-state index in [0.29, 0.717) is 16.1 Å². The minimum atomic E-state index is -0.623. The van der Waals surface area contributed by atoms with Crippen LogP contribution >= 0.6 is 35.4 Å². The zero-order valence-electron chi connectivity index (χ0n) is 13.9. The number of hydrazine groups is 1. The summed E-state index contributed by atoms with van der Waals surface area (Å²) in [6.07, 6.45) is 2.48. The van der Waals surface area contributed by atoms with E-state index in [9.17, 15) is 19.7 Å². The number of halogens is 2. The number of carbonyl (C=O) groups is 2. The molecule has 2 aromatic carbocycles. The summed E-state index contributed by atoms with van der Waals surface area (Å²) in [7, 11) is 0. The molecule has 3 N–H and O–H groups in total. The van der Waals surface area contributed by atoms with Gasteiger partial charge in [0.05, 0.1) is 4.92 Å². The Labute approximate surface area is 174 Å². The number of nitrogens with zero attached hydrogens (tertiary/aromatic N) is 1. The van der Waals surface area contributed by atoms with Crippen molar-refractivity contribution in [2.75, 3.05) is 0 Å². The van der Waals surface area contributed by atoms with Gasteiger partial charge in [0.2, 0.25) is 5.91 Å². The third-order valence-electron chi connectivity index (χ3n) is 3.23. The summed E-state index contributed by atoms with van der Waals surface area (Å²) in [5.41, 5.74) is 5.18. The first-order valence-corrected chi connectivity index (χ1v) is 8.71. The number of amides is 2. The first-order chi connectivity index (χ1) is 13.3. The molecule has 0 saturated carbocycles. The van der Waals surface area contributed by atoms with E-state index >= 15 is 0 Å².